The van der Waals surface area contributed by atoms with Crippen molar-refractivity contribution >= 4 is 21.9 Å². The average molecular weight is 310 g/mol. The number of benzene rings is 1. The van der Waals surface area contributed by atoms with Gasteiger partial charge in [-0.25, -0.2) is 4.79 Å². The van der Waals surface area contributed by atoms with Crippen molar-refractivity contribution in [1.82, 2.24) is 15.0 Å². The SMILES string of the molecule is COC(=O)c1nn(-c2ccc(CBr)cc2)nc1C. The molecule has 0 aliphatic heterocycles. The van der Waals surface area contributed by atoms with Crippen molar-refractivity contribution in [1.29, 1.82) is 0 Å². The molecular formula is C12H12BrN3O2. The average Bonchev–Trinajstić information content (AvgIpc) is 2.80. The van der Waals surface area contributed by atoms with Gasteiger partial charge in [0.15, 0.2) is 5.69 Å². The first kappa shape index (κ1) is 12.8. The summed E-state index contributed by atoms with van der Waals surface area (Å²) in [7, 11) is 1.32. The van der Waals surface area contributed by atoms with E-state index in [4.69, 9.17) is 0 Å². The second-order valence-electron chi connectivity index (χ2n) is 3.72. The van der Waals surface area contributed by atoms with Gasteiger partial charge < -0.3 is 4.74 Å². The van der Waals surface area contributed by atoms with Crippen molar-refractivity contribution in [2.45, 2.75) is 12.3 Å². The van der Waals surface area contributed by atoms with Gasteiger partial charge >= 0.3 is 5.97 Å². The third-order valence-electron chi connectivity index (χ3n) is 2.48. The van der Waals surface area contributed by atoms with Crippen molar-refractivity contribution in [3.63, 3.8) is 0 Å². The lowest BCUT2D eigenvalue weighted by atomic mass is 10.2. The van der Waals surface area contributed by atoms with E-state index in [0.717, 1.165) is 16.6 Å². The molecule has 0 fully saturated rings. The van der Waals surface area contributed by atoms with Crippen LogP contribution in [0.15, 0.2) is 24.3 Å². The van der Waals surface area contributed by atoms with Gasteiger partial charge in [0.25, 0.3) is 0 Å². The van der Waals surface area contributed by atoms with E-state index in [-0.39, 0.29) is 5.69 Å². The Bertz CT molecular complexity index is 563. The number of aromatic nitrogens is 3. The van der Waals surface area contributed by atoms with Crippen LogP contribution in [0, 0.1) is 6.92 Å². The second-order valence-corrected chi connectivity index (χ2v) is 4.28. The molecule has 2 aromatic rings. The lowest BCUT2D eigenvalue weighted by Gasteiger charge is -2.00. The molecule has 0 saturated heterocycles. The van der Waals surface area contributed by atoms with Crippen molar-refractivity contribution in [3.8, 4) is 5.69 Å². The number of rotatable bonds is 3. The lowest BCUT2D eigenvalue weighted by Crippen LogP contribution is -2.05. The van der Waals surface area contributed by atoms with Gasteiger partial charge in [0, 0.05) is 5.33 Å². The highest BCUT2D eigenvalue weighted by atomic mass is 79.9. The van der Waals surface area contributed by atoms with Gasteiger partial charge in [0.2, 0.25) is 0 Å². The van der Waals surface area contributed by atoms with Crippen LogP contribution in [0.2, 0.25) is 0 Å². The van der Waals surface area contributed by atoms with Crippen molar-refractivity contribution < 1.29 is 9.53 Å². The Labute approximate surface area is 113 Å². The molecule has 0 aliphatic rings. The first-order valence-corrected chi connectivity index (χ1v) is 6.45. The highest BCUT2D eigenvalue weighted by molar-refractivity contribution is 9.08. The number of carbonyl (C=O) groups excluding carboxylic acids is 1. The van der Waals surface area contributed by atoms with E-state index in [2.05, 4.69) is 30.9 Å². The Morgan fingerprint density at radius 2 is 2.00 bits per heavy atom. The van der Waals surface area contributed by atoms with Gasteiger partial charge in [-0.1, -0.05) is 28.1 Å². The molecule has 0 unspecified atom stereocenters. The van der Waals surface area contributed by atoms with Gasteiger partial charge in [-0.3, -0.25) is 0 Å². The first-order valence-electron chi connectivity index (χ1n) is 5.33. The van der Waals surface area contributed by atoms with E-state index in [9.17, 15) is 4.79 Å². The minimum absolute atomic E-state index is 0.238. The zero-order valence-electron chi connectivity index (χ0n) is 10.1. The summed E-state index contributed by atoms with van der Waals surface area (Å²) in [6.07, 6.45) is 0. The van der Waals surface area contributed by atoms with E-state index < -0.39 is 5.97 Å². The van der Waals surface area contributed by atoms with Crippen molar-refractivity contribution in [2.24, 2.45) is 0 Å². The number of nitrogens with zero attached hydrogens (tertiary/aromatic N) is 3. The normalized spacial score (nSPS) is 10.4. The van der Waals surface area contributed by atoms with Gasteiger partial charge in [-0.2, -0.15) is 9.90 Å². The molecule has 0 N–H and O–H groups in total. The van der Waals surface area contributed by atoms with E-state index >= 15 is 0 Å². The van der Waals surface area contributed by atoms with E-state index in [0.29, 0.717) is 5.69 Å². The summed E-state index contributed by atoms with van der Waals surface area (Å²) in [6, 6.07) is 7.75. The van der Waals surface area contributed by atoms with Crippen LogP contribution in [0.3, 0.4) is 0 Å². The molecule has 1 heterocycles. The number of methoxy groups -OCH3 is 1. The molecule has 2 rings (SSSR count). The molecule has 94 valence electrons. The minimum atomic E-state index is -0.476. The fourth-order valence-electron chi connectivity index (χ4n) is 1.50. The summed E-state index contributed by atoms with van der Waals surface area (Å²) < 4.78 is 4.64. The molecule has 0 bridgehead atoms. The highest BCUT2D eigenvalue weighted by Crippen LogP contribution is 2.12. The van der Waals surface area contributed by atoms with Crippen LogP contribution < -0.4 is 0 Å². The summed E-state index contributed by atoms with van der Waals surface area (Å²) in [5, 5.41) is 9.12. The summed E-state index contributed by atoms with van der Waals surface area (Å²) in [6.45, 7) is 1.72. The Balaban J connectivity index is 2.36. The van der Waals surface area contributed by atoms with Crippen LogP contribution in [0.4, 0.5) is 0 Å². The molecule has 6 heteroatoms. The fourth-order valence-corrected chi connectivity index (χ4v) is 1.87. The molecule has 0 amide bonds. The fraction of sp³-hybridized carbons (Fsp3) is 0.250. The van der Waals surface area contributed by atoms with Crippen LogP contribution in [-0.4, -0.2) is 28.1 Å². The van der Waals surface area contributed by atoms with Crippen LogP contribution >= 0.6 is 15.9 Å². The summed E-state index contributed by atoms with van der Waals surface area (Å²) in [4.78, 5) is 12.9. The standard InChI is InChI=1S/C12H12BrN3O2/c1-8-11(12(17)18-2)15-16(14-8)10-5-3-9(7-13)4-6-10/h3-6H,7H2,1-2H3. The number of alkyl halides is 1. The molecule has 0 aliphatic carbocycles. The number of ether oxygens (including phenoxy) is 1. The Morgan fingerprint density at radius 3 is 2.56 bits per heavy atom. The summed E-state index contributed by atoms with van der Waals surface area (Å²) in [5.74, 6) is -0.476. The van der Waals surface area contributed by atoms with Gasteiger partial charge in [0.05, 0.1) is 18.5 Å². The topological polar surface area (TPSA) is 57.0 Å². The molecule has 0 spiro atoms. The maximum Gasteiger partial charge on any atom is 0.360 e. The molecule has 1 aromatic heterocycles. The molecular weight excluding hydrogens is 298 g/mol. The zero-order valence-corrected chi connectivity index (χ0v) is 11.6. The van der Waals surface area contributed by atoms with Crippen molar-refractivity contribution in [3.05, 3.63) is 41.2 Å². The third-order valence-corrected chi connectivity index (χ3v) is 3.13. The predicted molar refractivity (Wildman–Crippen MR) is 70.1 cm³/mol. The summed E-state index contributed by atoms with van der Waals surface area (Å²) >= 11 is 3.38. The van der Waals surface area contributed by atoms with Crippen LogP contribution in [0.25, 0.3) is 5.69 Å². The maximum atomic E-state index is 11.4. The van der Waals surface area contributed by atoms with Gasteiger partial charge in [0.1, 0.15) is 0 Å². The Kier molecular flexibility index (Phi) is 3.76. The highest BCUT2D eigenvalue weighted by Gasteiger charge is 2.16. The molecule has 0 saturated carbocycles. The first-order chi connectivity index (χ1) is 8.65. The number of carbonyl (C=O) groups is 1. The van der Waals surface area contributed by atoms with Gasteiger partial charge in [-0.05, 0) is 24.6 Å². The zero-order chi connectivity index (χ0) is 13.1. The lowest BCUT2D eigenvalue weighted by molar-refractivity contribution is 0.0592. The second kappa shape index (κ2) is 5.30. The van der Waals surface area contributed by atoms with Crippen LogP contribution in [-0.2, 0) is 10.1 Å². The van der Waals surface area contributed by atoms with E-state index in [1.165, 1.54) is 11.9 Å². The smallest absolute Gasteiger partial charge is 0.360 e. The van der Waals surface area contributed by atoms with E-state index in [1.54, 1.807) is 6.92 Å². The Hall–Kier alpha value is -1.69. The predicted octanol–water partition coefficient (Wildman–Crippen LogP) is 2.26. The molecule has 18 heavy (non-hydrogen) atoms. The molecule has 0 atom stereocenters. The minimum Gasteiger partial charge on any atom is -0.464 e. The third kappa shape index (κ3) is 2.43. The number of esters is 1. The molecule has 5 nitrogen and oxygen atoms in total. The van der Waals surface area contributed by atoms with Crippen molar-refractivity contribution in [2.75, 3.05) is 7.11 Å². The number of hydrogen-bond donors (Lipinski definition) is 0. The monoisotopic (exact) mass is 309 g/mol. The van der Waals surface area contributed by atoms with Gasteiger partial charge in [-0.15, -0.1) is 5.10 Å². The summed E-state index contributed by atoms with van der Waals surface area (Å²) in [5.41, 5.74) is 2.75. The number of halogens is 1. The maximum absolute atomic E-state index is 11.4. The Morgan fingerprint density at radius 1 is 1.33 bits per heavy atom. The van der Waals surface area contributed by atoms with Crippen LogP contribution in [0.5, 0.6) is 0 Å². The quantitative estimate of drug-likeness (QED) is 0.644. The van der Waals surface area contributed by atoms with E-state index in [1.807, 2.05) is 24.3 Å². The molecule has 0 radical (unpaired) electrons. The number of aryl methyl sites for hydroxylation is 1. The van der Waals surface area contributed by atoms with Crippen LogP contribution in [0.1, 0.15) is 21.7 Å². The number of hydrogen-bond acceptors (Lipinski definition) is 4. The molecule has 1 aromatic carbocycles. The largest absolute Gasteiger partial charge is 0.464 e.